The van der Waals surface area contributed by atoms with Crippen molar-refractivity contribution in [1.82, 2.24) is 9.55 Å². The van der Waals surface area contributed by atoms with Gasteiger partial charge in [0.2, 0.25) is 5.95 Å². The molecule has 1 N–H and O–H groups in total. The Morgan fingerprint density at radius 3 is 2.67 bits per heavy atom. The Morgan fingerprint density at radius 1 is 1.13 bits per heavy atom. The lowest BCUT2D eigenvalue weighted by atomic mass is 9.94. The molecule has 156 valence electrons. The number of imidazole rings is 1. The van der Waals surface area contributed by atoms with E-state index in [1.54, 1.807) is 14.0 Å². The molecular formula is C23H25N3O4. The van der Waals surface area contributed by atoms with Crippen LogP contribution in [0.1, 0.15) is 32.4 Å². The minimum absolute atomic E-state index is 0.298. The molecule has 0 spiro atoms. The van der Waals surface area contributed by atoms with E-state index in [-0.39, 0.29) is 5.97 Å². The maximum absolute atomic E-state index is 13.0. The molecule has 0 radical (unpaired) electrons. The smallest absolute Gasteiger partial charge is 0.338 e. The number of nitrogens with one attached hydrogen (secondary N) is 1. The Hall–Kier alpha value is -3.48. The minimum atomic E-state index is -0.419. The highest BCUT2D eigenvalue weighted by molar-refractivity contribution is 5.94. The maximum atomic E-state index is 13.0. The Labute approximate surface area is 175 Å². The largest absolute Gasteiger partial charge is 0.493 e. The molecule has 2 heterocycles. The van der Waals surface area contributed by atoms with Gasteiger partial charge in [-0.15, -0.1) is 0 Å². The van der Waals surface area contributed by atoms with Gasteiger partial charge in [-0.05, 0) is 50.6 Å². The minimum Gasteiger partial charge on any atom is -0.493 e. The zero-order chi connectivity index (χ0) is 21.3. The number of allylic oxidation sites excluding steroid dienone is 1. The highest BCUT2D eigenvalue weighted by Gasteiger charge is 2.35. The molecule has 4 rings (SSSR count). The molecule has 0 saturated carbocycles. The molecule has 2 aromatic carbocycles. The third-order valence-electron chi connectivity index (χ3n) is 5.13. The monoisotopic (exact) mass is 407 g/mol. The average Bonchev–Trinajstić information content (AvgIpc) is 3.11. The summed E-state index contributed by atoms with van der Waals surface area (Å²) in [6.45, 7) is 6.43. The lowest BCUT2D eigenvalue weighted by molar-refractivity contribution is -0.139. The van der Waals surface area contributed by atoms with Crippen LogP contribution in [0.4, 0.5) is 5.95 Å². The number of aromatic nitrogens is 2. The van der Waals surface area contributed by atoms with Crippen molar-refractivity contribution in [2.24, 2.45) is 0 Å². The molecule has 1 atom stereocenters. The zero-order valence-electron chi connectivity index (χ0n) is 17.6. The fourth-order valence-electron chi connectivity index (χ4n) is 3.88. The quantitative estimate of drug-likeness (QED) is 0.614. The van der Waals surface area contributed by atoms with Crippen molar-refractivity contribution in [3.63, 3.8) is 0 Å². The number of para-hydroxylation sites is 2. The molecular weight excluding hydrogens is 382 g/mol. The van der Waals surface area contributed by atoms with E-state index in [2.05, 4.69) is 5.32 Å². The van der Waals surface area contributed by atoms with Gasteiger partial charge in [0.25, 0.3) is 0 Å². The summed E-state index contributed by atoms with van der Waals surface area (Å²) in [6, 6.07) is 13.2. The number of carbonyl (C=O) groups is 1. The van der Waals surface area contributed by atoms with Crippen molar-refractivity contribution in [3.8, 4) is 11.5 Å². The average molecular weight is 407 g/mol. The topological polar surface area (TPSA) is 74.6 Å². The molecule has 30 heavy (non-hydrogen) atoms. The first-order chi connectivity index (χ1) is 14.6. The molecule has 7 nitrogen and oxygen atoms in total. The van der Waals surface area contributed by atoms with Crippen LogP contribution in [-0.4, -0.2) is 35.8 Å². The fourth-order valence-corrected chi connectivity index (χ4v) is 3.88. The summed E-state index contributed by atoms with van der Waals surface area (Å²) in [5.41, 5.74) is 3.91. The molecule has 0 saturated heterocycles. The predicted molar refractivity (Wildman–Crippen MR) is 115 cm³/mol. The van der Waals surface area contributed by atoms with Crippen molar-refractivity contribution in [3.05, 3.63) is 59.3 Å². The van der Waals surface area contributed by atoms with E-state index in [1.165, 1.54) is 0 Å². The second-order valence-corrected chi connectivity index (χ2v) is 6.92. The highest BCUT2D eigenvalue weighted by atomic mass is 16.5. The Balaban J connectivity index is 1.95. The van der Waals surface area contributed by atoms with Crippen LogP contribution in [0.5, 0.6) is 11.5 Å². The summed E-state index contributed by atoms with van der Waals surface area (Å²) in [5.74, 6) is 1.59. The summed E-state index contributed by atoms with van der Waals surface area (Å²) in [5, 5.41) is 3.27. The van der Waals surface area contributed by atoms with Gasteiger partial charge in [0.1, 0.15) is 0 Å². The van der Waals surface area contributed by atoms with Gasteiger partial charge in [0, 0.05) is 5.70 Å². The number of methoxy groups -OCH3 is 1. The maximum Gasteiger partial charge on any atom is 0.338 e. The summed E-state index contributed by atoms with van der Waals surface area (Å²) in [4.78, 5) is 17.7. The van der Waals surface area contributed by atoms with E-state index in [4.69, 9.17) is 19.2 Å². The Morgan fingerprint density at radius 2 is 1.93 bits per heavy atom. The van der Waals surface area contributed by atoms with Crippen LogP contribution in [0.25, 0.3) is 11.0 Å². The van der Waals surface area contributed by atoms with E-state index in [0.29, 0.717) is 41.9 Å². The van der Waals surface area contributed by atoms with Crippen molar-refractivity contribution in [2.45, 2.75) is 26.8 Å². The molecule has 3 aromatic rings. The number of carbonyl (C=O) groups excluding carboxylic acids is 1. The van der Waals surface area contributed by atoms with E-state index >= 15 is 0 Å². The Bertz CT molecular complexity index is 1130. The normalized spacial score (nSPS) is 15.5. The Kier molecular flexibility index (Phi) is 5.35. The van der Waals surface area contributed by atoms with Crippen LogP contribution >= 0.6 is 0 Å². The van der Waals surface area contributed by atoms with Gasteiger partial charge in [-0.3, -0.25) is 4.57 Å². The first-order valence-electron chi connectivity index (χ1n) is 10.0. The number of ether oxygens (including phenoxy) is 3. The number of benzene rings is 2. The second kappa shape index (κ2) is 8.10. The predicted octanol–water partition coefficient (Wildman–Crippen LogP) is 4.30. The number of hydrogen-bond acceptors (Lipinski definition) is 6. The summed E-state index contributed by atoms with van der Waals surface area (Å²) >= 11 is 0. The number of hydrogen-bond donors (Lipinski definition) is 1. The van der Waals surface area contributed by atoms with E-state index < -0.39 is 6.04 Å². The van der Waals surface area contributed by atoms with Crippen molar-refractivity contribution in [2.75, 3.05) is 25.6 Å². The second-order valence-electron chi connectivity index (χ2n) is 6.92. The van der Waals surface area contributed by atoms with Crippen LogP contribution in [0.2, 0.25) is 0 Å². The van der Waals surface area contributed by atoms with Gasteiger partial charge < -0.3 is 19.5 Å². The summed E-state index contributed by atoms with van der Waals surface area (Å²) in [6.07, 6.45) is 0. The zero-order valence-corrected chi connectivity index (χ0v) is 17.6. The van der Waals surface area contributed by atoms with Gasteiger partial charge in [-0.2, -0.15) is 0 Å². The van der Waals surface area contributed by atoms with Crippen LogP contribution in [0.15, 0.2) is 53.7 Å². The standard InChI is InChI=1S/C23H25N3O4/c1-5-29-18-12-11-15(13-19(18)28-4)21-20(22(27)30-6-2)14(3)24-23-25-16-9-7-8-10-17(16)26(21)23/h7-13,21H,5-6H2,1-4H3,(H,24,25)/t21-/m1/s1. The van der Waals surface area contributed by atoms with Gasteiger partial charge in [-0.25, -0.2) is 9.78 Å². The van der Waals surface area contributed by atoms with Crippen molar-refractivity contribution < 1.29 is 19.0 Å². The van der Waals surface area contributed by atoms with Gasteiger partial charge >= 0.3 is 5.97 Å². The van der Waals surface area contributed by atoms with Crippen LogP contribution in [0, 0.1) is 0 Å². The number of anilines is 1. The number of fused-ring (bicyclic) bond motifs is 3. The molecule has 1 aliphatic heterocycles. The SMILES string of the molecule is CCOC(=O)C1=C(C)Nc2nc3ccccc3n2[C@@H]1c1ccc(OCC)c(OC)c1. The third-order valence-corrected chi connectivity index (χ3v) is 5.13. The molecule has 0 aliphatic carbocycles. The van der Waals surface area contributed by atoms with E-state index in [1.807, 2.05) is 60.9 Å². The van der Waals surface area contributed by atoms with Crippen molar-refractivity contribution >= 4 is 23.0 Å². The van der Waals surface area contributed by atoms with E-state index in [9.17, 15) is 4.79 Å². The summed E-state index contributed by atoms with van der Waals surface area (Å²) < 4.78 is 18.7. The molecule has 7 heteroatoms. The summed E-state index contributed by atoms with van der Waals surface area (Å²) in [7, 11) is 1.61. The van der Waals surface area contributed by atoms with Crippen LogP contribution in [-0.2, 0) is 9.53 Å². The molecule has 0 bridgehead atoms. The van der Waals surface area contributed by atoms with Gasteiger partial charge in [0.05, 0.1) is 43.0 Å². The highest BCUT2D eigenvalue weighted by Crippen LogP contribution is 2.41. The van der Waals surface area contributed by atoms with Gasteiger partial charge in [-0.1, -0.05) is 18.2 Å². The molecule has 0 unspecified atom stereocenters. The molecule has 1 aromatic heterocycles. The van der Waals surface area contributed by atoms with Gasteiger partial charge in [0.15, 0.2) is 11.5 Å². The number of nitrogens with zero attached hydrogens (tertiary/aromatic N) is 2. The third kappa shape index (κ3) is 3.26. The lowest BCUT2D eigenvalue weighted by Gasteiger charge is -2.30. The lowest BCUT2D eigenvalue weighted by Crippen LogP contribution is -2.29. The molecule has 1 aliphatic rings. The first-order valence-corrected chi connectivity index (χ1v) is 10.0. The molecule has 0 fully saturated rings. The molecule has 0 amide bonds. The van der Waals surface area contributed by atoms with Crippen LogP contribution < -0.4 is 14.8 Å². The van der Waals surface area contributed by atoms with Crippen molar-refractivity contribution in [1.29, 1.82) is 0 Å². The number of rotatable bonds is 6. The fraction of sp³-hybridized carbons (Fsp3) is 0.304. The van der Waals surface area contributed by atoms with E-state index in [0.717, 1.165) is 16.6 Å². The first kappa shape index (κ1) is 19.8. The number of esters is 1. The van der Waals surface area contributed by atoms with Crippen LogP contribution in [0.3, 0.4) is 0 Å².